The van der Waals surface area contributed by atoms with Gasteiger partial charge in [-0.15, -0.1) is 20.2 Å². The van der Waals surface area contributed by atoms with Gasteiger partial charge in [0.15, 0.2) is 6.10 Å². The second-order valence-electron chi connectivity index (χ2n) is 3.10. The molecule has 11 nitrogen and oxygen atoms in total. The molecule has 1 atom stereocenters. The highest BCUT2D eigenvalue weighted by Crippen LogP contribution is 1.97. The van der Waals surface area contributed by atoms with Crippen LogP contribution in [0, 0.1) is 20.2 Å². The molecule has 11 heteroatoms. The highest BCUT2D eigenvalue weighted by molar-refractivity contribution is 5.69. The van der Waals surface area contributed by atoms with Gasteiger partial charge < -0.3 is 19.1 Å². The van der Waals surface area contributed by atoms with E-state index in [1.54, 1.807) is 6.92 Å². The Labute approximate surface area is 107 Å². The van der Waals surface area contributed by atoms with Crippen molar-refractivity contribution >= 4 is 5.97 Å². The Morgan fingerprint density at radius 2 is 1.89 bits per heavy atom. The molecule has 0 rings (SSSR count). The van der Waals surface area contributed by atoms with Gasteiger partial charge in [-0.1, -0.05) is 0 Å². The van der Waals surface area contributed by atoms with E-state index in [4.69, 9.17) is 4.74 Å². The van der Waals surface area contributed by atoms with Crippen LogP contribution < -0.4 is 0 Å². The van der Waals surface area contributed by atoms with E-state index in [2.05, 4.69) is 14.4 Å². The van der Waals surface area contributed by atoms with Crippen LogP contribution in [0.5, 0.6) is 0 Å². The average Bonchev–Trinajstić information content (AvgIpc) is 2.31. The first kappa shape index (κ1) is 16.8. The maximum absolute atomic E-state index is 10.9. The number of carbonyl (C=O) groups excluding carboxylic acids is 1. The van der Waals surface area contributed by atoms with Gasteiger partial charge in [-0.25, -0.2) is 0 Å². The fourth-order valence-electron chi connectivity index (χ4n) is 0.978. The predicted octanol–water partition coefficient (Wildman–Crippen LogP) is -0.259. The molecule has 0 spiro atoms. The van der Waals surface area contributed by atoms with Gasteiger partial charge in [0.2, 0.25) is 0 Å². The Bertz CT molecular complexity index is 309. The van der Waals surface area contributed by atoms with E-state index in [0.717, 1.165) is 0 Å². The van der Waals surface area contributed by atoms with Crippen molar-refractivity contribution in [1.29, 1.82) is 0 Å². The lowest BCUT2D eigenvalue weighted by Crippen LogP contribution is -2.29. The molecule has 0 bridgehead atoms. The first-order valence-electron chi connectivity index (χ1n) is 5.27. The monoisotopic (exact) mass is 282 g/mol. The first-order valence-corrected chi connectivity index (χ1v) is 5.27. The van der Waals surface area contributed by atoms with Crippen LogP contribution in [0.25, 0.3) is 0 Å². The summed E-state index contributed by atoms with van der Waals surface area (Å²) in [7, 11) is 0. The molecule has 0 aliphatic heterocycles. The van der Waals surface area contributed by atoms with Crippen molar-refractivity contribution in [2.24, 2.45) is 0 Å². The number of carbonyl (C=O) groups is 1. The Hall–Kier alpha value is -2.17. The lowest BCUT2D eigenvalue weighted by molar-refractivity contribution is -0.790. The molecular weight excluding hydrogens is 268 g/mol. The lowest BCUT2D eigenvalue weighted by Gasteiger charge is -2.13. The summed E-state index contributed by atoms with van der Waals surface area (Å²) in [5.41, 5.74) is 0. The molecule has 0 aliphatic carbocycles. The second-order valence-corrected chi connectivity index (χ2v) is 3.10. The van der Waals surface area contributed by atoms with Crippen molar-refractivity contribution in [3.63, 3.8) is 0 Å². The van der Waals surface area contributed by atoms with Gasteiger partial charge >= 0.3 is 5.97 Å². The molecule has 19 heavy (non-hydrogen) atoms. The third-order valence-corrected chi connectivity index (χ3v) is 1.66. The van der Waals surface area contributed by atoms with E-state index in [0.29, 0.717) is 0 Å². The standard InChI is InChI=1S/C8H14N2O9/c1-2-17-8(11)3-4-16-5-7(19-10(14)15)6-18-9(12)13/h7H,2-6H2,1H3. The zero-order valence-corrected chi connectivity index (χ0v) is 10.2. The quantitative estimate of drug-likeness (QED) is 0.217. The predicted molar refractivity (Wildman–Crippen MR) is 56.9 cm³/mol. The third-order valence-electron chi connectivity index (χ3n) is 1.66. The highest BCUT2D eigenvalue weighted by Gasteiger charge is 2.16. The summed E-state index contributed by atoms with van der Waals surface area (Å²) in [5, 5.41) is 17.8. The number of hydrogen-bond donors (Lipinski definition) is 0. The topological polar surface area (TPSA) is 140 Å². The van der Waals surface area contributed by atoms with E-state index < -0.39 is 28.9 Å². The van der Waals surface area contributed by atoms with Gasteiger partial charge in [0.1, 0.15) is 6.61 Å². The summed E-state index contributed by atoms with van der Waals surface area (Å²) in [4.78, 5) is 39.0. The van der Waals surface area contributed by atoms with Crippen molar-refractivity contribution in [3.8, 4) is 0 Å². The zero-order chi connectivity index (χ0) is 14.7. The van der Waals surface area contributed by atoms with Gasteiger partial charge in [0, 0.05) is 0 Å². The molecule has 0 fully saturated rings. The van der Waals surface area contributed by atoms with Crippen LogP contribution in [0.2, 0.25) is 0 Å². The first-order chi connectivity index (χ1) is 8.95. The number of nitrogens with zero attached hydrogens (tertiary/aromatic N) is 2. The van der Waals surface area contributed by atoms with E-state index in [1.807, 2.05) is 0 Å². The normalized spacial score (nSPS) is 11.4. The molecule has 0 aromatic heterocycles. The molecular formula is C8H14N2O9. The molecule has 0 saturated carbocycles. The van der Waals surface area contributed by atoms with Crippen molar-refractivity contribution in [2.45, 2.75) is 19.4 Å². The molecule has 0 aromatic rings. The van der Waals surface area contributed by atoms with Crippen molar-refractivity contribution < 1.29 is 34.1 Å². The van der Waals surface area contributed by atoms with Crippen LogP contribution in [-0.2, 0) is 23.9 Å². The van der Waals surface area contributed by atoms with Gasteiger partial charge in [0.25, 0.3) is 10.2 Å². The summed E-state index contributed by atoms with van der Waals surface area (Å²) in [5.74, 6) is -0.476. The summed E-state index contributed by atoms with van der Waals surface area (Å²) in [6.07, 6.45) is -1.28. The van der Waals surface area contributed by atoms with E-state index >= 15 is 0 Å². The van der Waals surface area contributed by atoms with Crippen LogP contribution in [0.4, 0.5) is 0 Å². The van der Waals surface area contributed by atoms with Crippen LogP contribution >= 0.6 is 0 Å². The zero-order valence-electron chi connectivity index (χ0n) is 10.2. The van der Waals surface area contributed by atoms with Crippen LogP contribution in [0.3, 0.4) is 0 Å². The van der Waals surface area contributed by atoms with E-state index in [9.17, 15) is 25.0 Å². The maximum Gasteiger partial charge on any atom is 0.308 e. The van der Waals surface area contributed by atoms with Gasteiger partial charge in [-0.3, -0.25) is 4.79 Å². The van der Waals surface area contributed by atoms with E-state index in [1.165, 1.54) is 0 Å². The third kappa shape index (κ3) is 10.7. The summed E-state index contributed by atoms with van der Waals surface area (Å²) in [6, 6.07) is 0. The number of ether oxygens (including phenoxy) is 2. The number of esters is 1. The Kier molecular flexibility index (Phi) is 8.70. The fourth-order valence-corrected chi connectivity index (χ4v) is 0.978. The largest absolute Gasteiger partial charge is 0.466 e. The SMILES string of the molecule is CCOC(=O)CCOCC(CO[N+](=O)[O-])O[N+](=O)[O-]. The summed E-state index contributed by atoms with van der Waals surface area (Å²) < 4.78 is 9.53. The van der Waals surface area contributed by atoms with Gasteiger partial charge in [-0.05, 0) is 6.92 Å². The van der Waals surface area contributed by atoms with Crippen LogP contribution in [0.15, 0.2) is 0 Å². The Morgan fingerprint density at radius 3 is 2.42 bits per heavy atom. The Balaban J connectivity index is 3.87. The fraction of sp³-hybridized carbons (Fsp3) is 0.875. The molecule has 0 aliphatic rings. The molecule has 0 amide bonds. The summed E-state index contributed by atoms with van der Waals surface area (Å²) >= 11 is 0. The molecule has 0 radical (unpaired) electrons. The van der Waals surface area contributed by atoms with Crippen molar-refractivity contribution in [1.82, 2.24) is 0 Å². The minimum absolute atomic E-state index is 0.0326. The van der Waals surface area contributed by atoms with Crippen molar-refractivity contribution in [3.05, 3.63) is 20.2 Å². The summed E-state index contributed by atoms with van der Waals surface area (Å²) in [6.45, 7) is 0.869. The van der Waals surface area contributed by atoms with Crippen LogP contribution in [-0.4, -0.2) is 48.7 Å². The maximum atomic E-state index is 10.9. The highest BCUT2D eigenvalue weighted by atomic mass is 17.0. The number of rotatable bonds is 11. The smallest absolute Gasteiger partial charge is 0.308 e. The van der Waals surface area contributed by atoms with Gasteiger partial charge in [-0.2, -0.15) is 0 Å². The molecule has 0 N–H and O–H groups in total. The second kappa shape index (κ2) is 9.82. The molecule has 0 heterocycles. The number of hydrogen-bond acceptors (Lipinski definition) is 9. The van der Waals surface area contributed by atoms with Crippen molar-refractivity contribution in [2.75, 3.05) is 26.4 Å². The Morgan fingerprint density at radius 1 is 1.21 bits per heavy atom. The van der Waals surface area contributed by atoms with Gasteiger partial charge in [0.05, 0.1) is 26.2 Å². The molecule has 0 aromatic carbocycles. The van der Waals surface area contributed by atoms with E-state index in [-0.39, 0.29) is 26.2 Å². The van der Waals surface area contributed by atoms with Crippen LogP contribution in [0.1, 0.15) is 13.3 Å². The molecule has 0 saturated heterocycles. The lowest BCUT2D eigenvalue weighted by atomic mass is 10.4. The minimum Gasteiger partial charge on any atom is -0.466 e. The minimum atomic E-state index is -1.25. The average molecular weight is 282 g/mol. The molecule has 110 valence electrons. The molecule has 1 unspecified atom stereocenters.